The van der Waals surface area contributed by atoms with Gasteiger partial charge in [0.05, 0.1) is 6.61 Å². The van der Waals surface area contributed by atoms with E-state index < -0.39 is 5.82 Å². The molecule has 0 spiro atoms. The first kappa shape index (κ1) is 9.51. The van der Waals surface area contributed by atoms with Gasteiger partial charge in [0.15, 0.2) is 5.82 Å². The first-order valence-electron chi connectivity index (χ1n) is 3.91. The molecule has 1 aromatic rings. The molecule has 1 aromatic carbocycles. The maximum atomic E-state index is 13.1. The summed E-state index contributed by atoms with van der Waals surface area (Å²) in [5, 5.41) is 2.25. The summed E-state index contributed by atoms with van der Waals surface area (Å²) in [6.07, 6.45) is 0.418. The van der Waals surface area contributed by atoms with Crippen molar-refractivity contribution in [2.24, 2.45) is 0 Å². The summed E-state index contributed by atoms with van der Waals surface area (Å²) in [5.41, 5.74) is 0.0827. The van der Waals surface area contributed by atoms with E-state index in [0.717, 1.165) is 0 Å². The van der Waals surface area contributed by atoms with E-state index in [0.29, 0.717) is 18.8 Å². The van der Waals surface area contributed by atoms with Crippen molar-refractivity contribution in [2.45, 2.75) is 6.92 Å². The molecule has 70 valence electrons. The number of para-hydroxylation sites is 1. The van der Waals surface area contributed by atoms with Gasteiger partial charge >= 0.3 is 0 Å². The zero-order valence-electron chi connectivity index (χ0n) is 7.21. The van der Waals surface area contributed by atoms with Gasteiger partial charge < -0.3 is 10.1 Å². The molecular formula is C9H10FNO2. The van der Waals surface area contributed by atoms with Crippen molar-refractivity contribution in [3.63, 3.8) is 0 Å². The van der Waals surface area contributed by atoms with Crippen LogP contribution in [0.15, 0.2) is 18.2 Å². The zero-order chi connectivity index (χ0) is 9.68. The summed E-state index contributed by atoms with van der Waals surface area (Å²) in [6, 6.07) is 4.38. The number of rotatable bonds is 4. The Balaban J connectivity index is 3.01. The topological polar surface area (TPSA) is 38.3 Å². The Morgan fingerprint density at radius 2 is 2.38 bits per heavy atom. The second-order valence-corrected chi connectivity index (χ2v) is 2.31. The van der Waals surface area contributed by atoms with Gasteiger partial charge in [-0.2, -0.15) is 0 Å². The van der Waals surface area contributed by atoms with Crippen molar-refractivity contribution in [1.82, 2.24) is 0 Å². The summed E-state index contributed by atoms with van der Waals surface area (Å²) in [6.45, 7) is 2.21. The van der Waals surface area contributed by atoms with Crippen LogP contribution in [0, 0.1) is 5.82 Å². The van der Waals surface area contributed by atoms with Crippen LogP contribution in [0.3, 0.4) is 0 Å². The van der Waals surface area contributed by atoms with Crippen LogP contribution in [-0.4, -0.2) is 13.0 Å². The van der Waals surface area contributed by atoms with E-state index >= 15 is 0 Å². The van der Waals surface area contributed by atoms with Gasteiger partial charge in [-0.05, 0) is 19.1 Å². The smallest absolute Gasteiger partial charge is 0.211 e. The molecule has 1 amide bonds. The lowest BCUT2D eigenvalue weighted by Gasteiger charge is -2.08. The molecule has 0 bridgehead atoms. The van der Waals surface area contributed by atoms with E-state index in [9.17, 15) is 9.18 Å². The lowest BCUT2D eigenvalue weighted by molar-refractivity contribution is -0.105. The molecule has 4 heteroatoms. The number of anilines is 1. The predicted octanol–water partition coefficient (Wildman–Crippen LogP) is 1.79. The van der Waals surface area contributed by atoms with Crippen LogP contribution in [0.1, 0.15) is 6.92 Å². The minimum atomic E-state index is -0.502. The number of halogens is 1. The molecule has 0 fully saturated rings. The van der Waals surface area contributed by atoms with Crippen molar-refractivity contribution in [2.75, 3.05) is 11.9 Å². The average molecular weight is 183 g/mol. The Morgan fingerprint density at radius 3 is 3.00 bits per heavy atom. The van der Waals surface area contributed by atoms with Gasteiger partial charge in [0, 0.05) is 0 Å². The molecule has 1 N–H and O–H groups in total. The lowest BCUT2D eigenvalue weighted by atomic mass is 10.3. The zero-order valence-corrected chi connectivity index (χ0v) is 7.21. The number of hydrogen-bond acceptors (Lipinski definition) is 2. The number of benzene rings is 1. The van der Waals surface area contributed by atoms with Crippen LogP contribution in [0.5, 0.6) is 5.75 Å². The molecule has 0 aliphatic heterocycles. The van der Waals surface area contributed by atoms with Gasteiger partial charge in [-0.25, -0.2) is 4.39 Å². The Labute approximate surface area is 75.5 Å². The molecule has 0 heterocycles. The predicted molar refractivity (Wildman–Crippen MR) is 47.3 cm³/mol. The van der Waals surface area contributed by atoms with Gasteiger partial charge in [-0.15, -0.1) is 0 Å². The third-order valence-electron chi connectivity index (χ3n) is 1.48. The molecule has 0 radical (unpaired) electrons. The first-order chi connectivity index (χ1) is 6.29. The van der Waals surface area contributed by atoms with Crippen LogP contribution in [0.2, 0.25) is 0 Å². The number of carbonyl (C=O) groups excluding carboxylic acids is 1. The van der Waals surface area contributed by atoms with E-state index in [-0.39, 0.29) is 5.69 Å². The molecule has 3 nitrogen and oxygen atoms in total. The highest BCUT2D eigenvalue weighted by Gasteiger charge is 2.07. The summed E-state index contributed by atoms with van der Waals surface area (Å²) in [7, 11) is 0. The van der Waals surface area contributed by atoms with Crippen LogP contribution < -0.4 is 10.1 Å². The first-order valence-corrected chi connectivity index (χ1v) is 3.91. The Bertz CT molecular complexity index is 302. The number of nitrogens with one attached hydrogen (secondary N) is 1. The summed E-state index contributed by atoms with van der Waals surface area (Å²) in [5.74, 6) is -0.160. The van der Waals surface area contributed by atoms with Gasteiger partial charge in [-0.3, -0.25) is 4.79 Å². The van der Waals surface area contributed by atoms with Crippen LogP contribution in [0.4, 0.5) is 10.1 Å². The standard InChI is InChI=1S/C9H10FNO2/c1-2-13-8-5-3-4-7(10)9(8)11-6-12/h3-6H,2H2,1H3,(H,11,12). The minimum absolute atomic E-state index is 0.0827. The number of amides is 1. The molecule has 0 saturated heterocycles. The molecule has 0 aromatic heterocycles. The monoisotopic (exact) mass is 183 g/mol. The van der Waals surface area contributed by atoms with Gasteiger partial charge in [0.25, 0.3) is 0 Å². The average Bonchev–Trinajstić information content (AvgIpc) is 2.11. The fourth-order valence-corrected chi connectivity index (χ4v) is 0.979. The highest BCUT2D eigenvalue weighted by molar-refractivity contribution is 5.75. The summed E-state index contributed by atoms with van der Waals surface area (Å²) < 4.78 is 18.2. The fraction of sp³-hybridized carbons (Fsp3) is 0.222. The van der Waals surface area contributed by atoms with E-state index in [1.807, 2.05) is 0 Å². The number of ether oxygens (including phenoxy) is 1. The molecule has 0 aliphatic rings. The van der Waals surface area contributed by atoms with Crippen molar-refractivity contribution < 1.29 is 13.9 Å². The highest BCUT2D eigenvalue weighted by Crippen LogP contribution is 2.26. The normalized spacial score (nSPS) is 9.38. The molecular weight excluding hydrogens is 173 g/mol. The molecule has 0 unspecified atom stereocenters. The van der Waals surface area contributed by atoms with Crippen LogP contribution in [-0.2, 0) is 4.79 Å². The van der Waals surface area contributed by atoms with Crippen LogP contribution >= 0.6 is 0 Å². The summed E-state index contributed by atoms with van der Waals surface area (Å²) >= 11 is 0. The van der Waals surface area contributed by atoms with Crippen molar-refractivity contribution in [1.29, 1.82) is 0 Å². The SMILES string of the molecule is CCOc1cccc(F)c1NC=O. The molecule has 0 saturated carbocycles. The second-order valence-electron chi connectivity index (χ2n) is 2.31. The Hall–Kier alpha value is -1.58. The quantitative estimate of drug-likeness (QED) is 0.723. The Kier molecular flexibility index (Phi) is 3.25. The number of carbonyl (C=O) groups is 1. The number of hydrogen-bond donors (Lipinski definition) is 1. The van der Waals surface area contributed by atoms with Gasteiger partial charge in [0.2, 0.25) is 6.41 Å². The molecule has 1 rings (SSSR count). The third kappa shape index (κ3) is 2.18. The largest absolute Gasteiger partial charge is 0.492 e. The molecule has 0 aliphatic carbocycles. The van der Waals surface area contributed by atoms with Gasteiger partial charge in [0.1, 0.15) is 11.4 Å². The van der Waals surface area contributed by atoms with E-state index in [1.165, 1.54) is 12.1 Å². The lowest BCUT2D eigenvalue weighted by Crippen LogP contribution is -2.02. The van der Waals surface area contributed by atoms with Gasteiger partial charge in [-0.1, -0.05) is 6.07 Å². The maximum absolute atomic E-state index is 13.1. The van der Waals surface area contributed by atoms with Crippen molar-refractivity contribution >= 4 is 12.1 Å². The third-order valence-corrected chi connectivity index (χ3v) is 1.48. The Morgan fingerprint density at radius 1 is 1.62 bits per heavy atom. The molecule has 0 atom stereocenters. The van der Waals surface area contributed by atoms with E-state index in [1.54, 1.807) is 13.0 Å². The summed E-state index contributed by atoms with van der Waals surface area (Å²) in [4.78, 5) is 10.1. The fourth-order valence-electron chi connectivity index (χ4n) is 0.979. The highest BCUT2D eigenvalue weighted by atomic mass is 19.1. The minimum Gasteiger partial charge on any atom is -0.492 e. The van der Waals surface area contributed by atoms with Crippen molar-refractivity contribution in [3.05, 3.63) is 24.0 Å². The van der Waals surface area contributed by atoms with Crippen LogP contribution in [0.25, 0.3) is 0 Å². The maximum Gasteiger partial charge on any atom is 0.211 e. The van der Waals surface area contributed by atoms with Crippen molar-refractivity contribution in [3.8, 4) is 5.75 Å². The van der Waals surface area contributed by atoms with E-state index in [2.05, 4.69) is 5.32 Å². The molecule has 13 heavy (non-hydrogen) atoms. The second kappa shape index (κ2) is 4.45. The van der Waals surface area contributed by atoms with E-state index in [4.69, 9.17) is 4.74 Å².